The Morgan fingerprint density at radius 2 is 0.758 bits per heavy atom. The van der Waals surface area contributed by atoms with Crippen LogP contribution in [0.25, 0.3) is 0 Å². The van der Waals surface area contributed by atoms with Crippen LogP contribution in [-0.2, 0) is 0 Å². The molecular weight excluding hydrogens is 400 g/mol. The molecule has 206 valence electrons. The molecule has 0 radical (unpaired) electrons. The van der Waals surface area contributed by atoms with Crippen molar-refractivity contribution in [3.8, 4) is 0 Å². The normalized spacial score (nSPS) is 17.5. The van der Waals surface area contributed by atoms with Crippen LogP contribution in [0.3, 0.4) is 0 Å². The summed E-state index contributed by atoms with van der Waals surface area (Å²) in [7, 11) is 0. The molecule has 2 aliphatic heterocycles. The molecule has 0 N–H and O–H groups in total. The maximum absolute atomic E-state index is 2.55. The van der Waals surface area contributed by atoms with Crippen molar-refractivity contribution in [3.63, 3.8) is 0 Å². The van der Waals surface area contributed by atoms with Crippen LogP contribution in [0.4, 0.5) is 0 Å². The van der Waals surface area contributed by atoms with Gasteiger partial charge in [0.25, 0.3) is 0 Å². The first-order valence-corrected chi connectivity index (χ1v) is 15.0. The Bertz CT molecular complexity index is 282. The Morgan fingerprint density at radius 3 is 0.909 bits per heavy atom. The van der Waals surface area contributed by atoms with Gasteiger partial charge in [0.2, 0.25) is 0 Å². The van der Waals surface area contributed by atoms with Crippen molar-refractivity contribution in [1.29, 1.82) is 0 Å². The predicted molar refractivity (Wildman–Crippen MR) is 159 cm³/mol. The van der Waals surface area contributed by atoms with Gasteiger partial charge in [-0.05, 0) is 91.0 Å². The van der Waals surface area contributed by atoms with Crippen LogP contribution in [0.2, 0.25) is 0 Å². The van der Waals surface area contributed by atoms with Gasteiger partial charge in [0.05, 0.1) is 0 Å². The molecule has 0 spiro atoms. The summed E-state index contributed by atoms with van der Waals surface area (Å²) < 4.78 is 0. The number of hydrogen-bond acceptors (Lipinski definition) is 2. The first kappa shape index (κ1) is 40.1. The molecule has 3 aliphatic rings. The van der Waals surface area contributed by atoms with Crippen molar-refractivity contribution in [2.75, 3.05) is 32.7 Å². The molecule has 2 heteroatoms. The lowest BCUT2D eigenvalue weighted by molar-refractivity contribution is 0.175. The van der Waals surface area contributed by atoms with E-state index >= 15 is 0 Å². The van der Waals surface area contributed by atoms with E-state index in [0.717, 1.165) is 11.8 Å². The van der Waals surface area contributed by atoms with E-state index in [1.807, 2.05) is 27.7 Å². The number of nitrogens with zero attached hydrogens (tertiary/aromatic N) is 2. The van der Waals surface area contributed by atoms with Crippen molar-refractivity contribution in [3.05, 3.63) is 0 Å². The van der Waals surface area contributed by atoms with Gasteiger partial charge in [-0.25, -0.2) is 0 Å². The summed E-state index contributed by atoms with van der Waals surface area (Å²) in [4.78, 5) is 5.03. The van der Waals surface area contributed by atoms with Gasteiger partial charge in [-0.15, -0.1) is 0 Å². The molecule has 0 aromatic carbocycles. The third-order valence-electron chi connectivity index (χ3n) is 4.95. The van der Waals surface area contributed by atoms with Crippen LogP contribution in [0.15, 0.2) is 0 Å². The van der Waals surface area contributed by atoms with Gasteiger partial charge in [-0.1, -0.05) is 108 Å². The second kappa shape index (κ2) is 30.0. The van der Waals surface area contributed by atoms with E-state index in [1.54, 1.807) is 0 Å². The summed E-state index contributed by atoms with van der Waals surface area (Å²) in [5.41, 5.74) is 0.413. The zero-order valence-electron chi connectivity index (χ0n) is 26.4. The van der Waals surface area contributed by atoms with Crippen molar-refractivity contribution in [1.82, 2.24) is 9.80 Å². The Balaban J connectivity index is -0.000000159. The van der Waals surface area contributed by atoms with Gasteiger partial charge in [-0.2, -0.15) is 0 Å². The lowest BCUT2D eigenvalue weighted by Crippen LogP contribution is -2.38. The minimum atomic E-state index is 0.413. The summed E-state index contributed by atoms with van der Waals surface area (Å²) in [5, 5.41) is 0. The molecule has 3 fully saturated rings. The van der Waals surface area contributed by atoms with Crippen molar-refractivity contribution in [2.24, 2.45) is 11.8 Å². The third kappa shape index (κ3) is 39.4. The minimum Gasteiger partial charge on any atom is -0.304 e. The van der Waals surface area contributed by atoms with Crippen LogP contribution in [0.5, 0.6) is 0 Å². The van der Waals surface area contributed by atoms with E-state index in [4.69, 9.17) is 0 Å². The van der Waals surface area contributed by atoms with Gasteiger partial charge >= 0.3 is 0 Å². The quantitative estimate of drug-likeness (QED) is 0.374. The van der Waals surface area contributed by atoms with E-state index in [0.29, 0.717) is 5.54 Å². The SMILES string of the molecule is C1CCCC1.CC.CC.CC(C)(C)N1CCCC1.CC(C)C.CC(C)C.CCN1CCCC1. The highest BCUT2D eigenvalue weighted by atomic mass is 15.2. The fourth-order valence-corrected chi connectivity index (χ4v) is 3.37. The lowest BCUT2D eigenvalue weighted by atomic mass is 10.1. The number of hydrogen-bond donors (Lipinski definition) is 0. The van der Waals surface area contributed by atoms with Crippen LogP contribution in [0, 0.1) is 11.8 Å². The topological polar surface area (TPSA) is 6.48 Å². The molecule has 0 aromatic rings. The maximum Gasteiger partial charge on any atom is 0.0125 e. The summed E-state index contributed by atoms with van der Waals surface area (Å²) in [6, 6.07) is 0. The number of likely N-dealkylation sites (tertiary alicyclic amines) is 2. The van der Waals surface area contributed by atoms with Crippen LogP contribution in [0.1, 0.15) is 155 Å². The van der Waals surface area contributed by atoms with E-state index in [1.165, 1.54) is 90.5 Å². The predicted octanol–water partition coefficient (Wildman–Crippen LogP) is 10.3. The zero-order chi connectivity index (χ0) is 26.7. The summed E-state index contributed by atoms with van der Waals surface area (Å²) >= 11 is 0. The molecule has 3 rings (SSSR count). The summed E-state index contributed by atoms with van der Waals surface area (Å²) in [6.45, 7) is 36.7. The van der Waals surface area contributed by atoms with Crippen molar-refractivity contribution < 1.29 is 0 Å². The Morgan fingerprint density at radius 1 is 0.515 bits per heavy atom. The Hall–Kier alpha value is -0.0800. The molecule has 1 aliphatic carbocycles. The van der Waals surface area contributed by atoms with Gasteiger partial charge in [0.15, 0.2) is 0 Å². The molecule has 0 bridgehead atoms. The highest BCUT2D eigenvalue weighted by molar-refractivity contribution is 4.79. The fourth-order valence-electron chi connectivity index (χ4n) is 3.37. The highest BCUT2D eigenvalue weighted by Crippen LogP contribution is 2.19. The third-order valence-corrected chi connectivity index (χ3v) is 4.95. The average molecular weight is 473 g/mol. The molecule has 0 aromatic heterocycles. The second-order valence-corrected chi connectivity index (χ2v) is 11.2. The molecule has 2 heterocycles. The molecule has 1 saturated carbocycles. The Labute approximate surface area is 214 Å². The zero-order valence-corrected chi connectivity index (χ0v) is 26.4. The summed E-state index contributed by atoms with van der Waals surface area (Å²) in [5.74, 6) is 1.67. The smallest absolute Gasteiger partial charge is 0.0125 e. The van der Waals surface area contributed by atoms with Gasteiger partial charge in [0.1, 0.15) is 0 Å². The van der Waals surface area contributed by atoms with Crippen LogP contribution >= 0.6 is 0 Å². The van der Waals surface area contributed by atoms with Crippen LogP contribution in [-0.4, -0.2) is 48.1 Å². The first-order chi connectivity index (χ1) is 15.5. The van der Waals surface area contributed by atoms with Gasteiger partial charge < -0.3 is 4.90 Å². The minimum absolute atomic E-state index is 0.413. The molecule has 0 unspecified atom stereocenters. The standard InChI is InChI=1S/C8H17N.C6H13N.C5H10.2C4H10.2C2H6/c1-8(2,3)9-6-4-5-7-9;1-2-7-5-3-4-6-7;1-2-4-5-3-1;2*1-4(2)3;2*1-2/h4-7H2,1-3H3;2-6H2,1H3;1-5H2;2*4H,1-3H3;2*1-2H3. The second-order valence-electron chi connectivity index (χ2n) is 11.2. The molecule has 33 heavy (non-hydrogen) atoms. The highest BCUT2D eigenvalue weighted by Gasteiger charge is 2.23. The van der Waals surface area contributed by atoms with E-state index in [9.17, 15) is 0 Å². The number of rotatable bonds is 1. The first-order valence-electron chi connectivity index (χ1n) is 15.0. The average Bonchev–Trinajstić information content (AvgIpc) is 3.55. The summed E-state index contributed by atoms with van der Waals surface area (Å²) in [6.07, 6.45) is 13.1. The molecular formula is C31H72N2. The Kier molecular flexibility index (Phi) is 36.4. The monoisotopic (exact) mass is 473 g/mol. The van der Waals surface area contributed by atoms with E-state index in [2.05, 4.69) is 79.0 Å². The van der Waals surface area contributed by atoms with Gasteiger partial charge in [0, 0.05) is 5.54 Å². The van der Waals surface area contributed by atoms with Gasteiger partial charge in [-0.3, -0.25) is 4.90 Å². The van der Waals surface area contributed by atoms with Crippen molar-refractivity contribution in [2.45, 2.75) is 160 Å². The molecule has 2 nitrogen and oxygen atoms in total. The molecule has 2 saturated heterocycles. The van der Waals surface area contributed by atoms with Crippen LogP contribution < -0.4 is 0 Å². The maximum atomic E-state index is 2.55. The molecule has 0 atom stereocenters. The fraction of sp³-hybridized carbons (Fsp3) is 1.00. The molecule has 0 amide bonds. The lowest BCUT2D eigenvalue weighted by Gasteiger charge is -2.31. The van der Waals surface area contributed by atoms with E-state index < -0.39 is 0 Å². The van der Waals surface area contributed by atoms with E-state index in [-0.39, 0.29) is 0 Å². The van der Waals surface area contributed by atoms with Crippen molar-refractivity contribution >= 4 is 0 Å². The largest absolute Gasteiger partial charge is 0.304 e.